The van der Waals surface area contributed by atoms with Gasteiger partial charge in [0, 0.05) is 25.6 Å². The van der Waals surface area contributed by atoms with E-state index in [4.69, 9.17) is 4.74 Å². The Balaban J connectivity index is 0.00000264. The zero-order valence-corrected chi connectivity index (χ0v) is 15.8. The SMILES string of the molecule is CN=C(NCCOCC1CC1)NCc1nc(C(F)(F)F)cs1.I. The number of nitrogens with zero attached hydrogens (tertiary/aromatic N) is 2. The van der Waals surface area contributed by atoms with Gasteiger partial charge in [0.1, 0.15) is 5.01 Å². The molecule has 0 aliphatic heterocycles. The highest BCUT2D eigenvalue weighted by Gasteiger charge is 2.33. The molecule has 132 valence electrons. The highest BCUT2D eigenvalue weighted by atomic mass is 127. The van der Waals surface area contributed by atoms with Crippen LogP contribution in [-0.4, -0.2) is 37.7 Å². The van der Waals surface area contributed by atoms with Gasteiger partial charge in [0.05, 0.1) is 13.2 Å². The highest BCUT2D eigenvalue weighted by Crippen LogP contribution is 2.30. The smallest absolute Gasteiger partial charge is 0.379 e. The fraction of sp³-hybridized carbons (Fsp3) is 0.692. The first-order valence-corrected chi connectivity index (χ1v) is 7.91. The molecule has 10 heteroatoms. The van der Waals surface area contributed by atoms with E-state index in [1.54, 1.807) is 7.05 Å². The van der Waals surface area contributed by atoms with Crippen LogP contribution in [0.1, 0.15) is 23.5 Å². The van der Waals surface area contributed by atoms with Gasteiger partial charge in [-0.15, -0.1) is 35.3 Å². The molecule has 1 heterocycles. The highest BCUT2D eigenvalue weighted by molar-refractivity contribution is 14.0. The molecule has 0 unspecified atom stereocenters. The van der Waals surface area contributed by atoms with Crippen LogP contribution in [0.25, 0.3) is 0 Å². The van der Waals surface area contributed by atoms with Gasteiger partial charge in [-0.3, -0.25) is 4.99 Å². The third kappa shape index (κ3) is 7.66. The van der Waals surface area contributed by atoms with Crippen molar-refractivity contribution in [3.8, 4) is 0 Å². The number of hydrogen-bond donors (Lipinski definition) is 2. The summed E-state index contributed by atoms with van der Waals surface area (Å²) in [7, 11) is 1.60. The Hall–Kier alpha value is -0.620. The Labute approximate surface area is 154 Å². The molecule has 0 atom stereocenters. The van der Waals surface area contributed by atoms with Gasteiger partial charge in [-0.2, -0.15) is 13.2 Å². The van der Waals surface area contributed by atoms with Crippen molar-refractivity contribution in [1.82, 2.24) is 15.6 Å². The molecule has 2 rings (SSSR count). The van der Waals surface area contributed by atoms with E-state index < -0.39 is 11.9 Å². The van der Waals surface area contributed by atoms with E-state index in [1.165, 1.54) is 12.8 Å². The zero-order valence-electron chi connectivity index (χ0n) is 12.7. The van der Waals surface area contributed by atoms with Crippen LogP contribution in [0.15, 0.2) is 10.4 Å². The molecule has 1 aliphatic carbocycles. The van der Waals surface area contributed by atoms with Gasteiger partial charge >= 0.3 is 6.18 Å². The van der Waals surface area contributed by atoms with Gasteiger partial charge < -0.3 is 15.4 Å². The Morgan fingerprint density at radius 3 is 2.74 bits per heavy atom. The number of thiazole rings is 1. The maximum absolute atomic E-state index is 12.4. The monoisotopic (exact) mass is 464 g/mol. The van der Waals surface area contributed by atoms with Crippen molar-refractivity contribution in [3.63, 3.8) is 0 Å². The topological polar surface area (TPSA) is 58.5 Å². The lowest BCUT2D eigenvalue weighted by Gasteiger charge is -2.11. The minimum atomic E-state index is -4.40. The lowest BCUT2D eigenvalue weighted by atomic mass is 10.5. The van der Waals surface area contributed by atoms with Gasteiger partial charge in [0.25, 0.3) is 0 Å². The largest absolute Gasteiger partial charge is 0.434 e. The number of hydrogen-bond acceptors (Lipinski definition) is 4. The molecule has 0 radical (unpaired) electrons. The van der Waals surface area contributed by atoms with Gasteiger partial charge in [-0.05, 0) is 18.8 Å². The van der Waals surface area contributed by atoms with Crippen molar-refractivity contribution < 1.29 is 17.9 Å². The lowest BCUT2D eigenvalue weighted by Crippen LogP contribution is -2.38. The maximum Gasteiger partial charge on any atom is 0.434 e. The predicted octanol–water partition coefficient (Wildman–Crippen LogP) is 2.87. The Morgan fingerprint density at radius 1 is 1.43 bits per heavy atom. The molecule has 0 spiro atoms. The van der Waals surface area contributed by atoms with Crippen LogP contribution >= 0.6 is 35.3 Å². The number of aromatic nitrogens is 1. The van der Waals surface area contributed by atoms with E-state index in [1.807, 2.05) is 0 Å². The minimum Gasteiger partial charge on any atom is -0.379 e. The van der Waals surface area contributed by atoms with Crippen molar-refractivity contribution in [2.24, 2.45) is 10.9 Å². The van der Waals surface area contributed by atoms with Crippen LogP contribution in [0.2, 0.25) is 0 Å². The second-order valence-corrected chi connectivity index (χ2v) is 5.94. The Bertz CT molecular complexity index is 506. The van der Waals surface area contributed by atoms with E-state index in [9.17, 15) is 13.2 Å². The molecule has 23 heavy (non-hydrogen) atoms. The molecule has 5 nitrogen and oxygen atoms in total. The molecule has 0 amide bonds. The van der Waals surface area contributed by atoms with Gasteiger partial charge in [0.15, 0.2) is 11.7 Å². The van der Waals surface area contributed by atoms with Crippen LogP contribution in [0, 0.1) is 5.92 Å². The summed E-state index contributed by atoms with van der Waals surface area (Å²) in [5.41, 5.74) is -0.856. The second-order valence-electron chi connectivity index (χ2n) is 5.00. The molecular formula is C13H20F3IN4OS. The number of alkyl halides is 3. The van der Waals surface area contributed by atoms with Crippen LogP contribution < -0.4 is 10.6 Å². The number of nitrogens with one attached hydrogen (secondary N) is 2. The Kier molecular flexibility index (Phi) is 8.54. The second kappa shape index (κ2) is 9.62. The molecule has 1 aliphatic rings. The van der Waals surface area contributed by atoms with Crippen LogP contribution in [0.5, 0.6) is 0 Å². The van der Waals surface area contributed by atoms with Gasteiger partial charge in [-0.25, -0.2) is 4.98 Å². The van der Waals surface area contributed by atoms with Crippen LogP contribution in [-0.2, 0) is 17.5 Å². The van der Waals surface area contributed by atoms with Gasteiger partial charge in [0.2, 0.25) is 0 Å². The van der Waals surface area contributed by atoms with Crippen molar-refractivity contribution in [2.75, 3.05) is 26.8 Å². The van der Waals surface area contributed by atoms with Crippen molar-refractivity contribution in [3.05, 3.63) is 16.1 Å². The average Bonchev–Trinajstić information content (AvgIpc) is 3.15. The third-order valence-corrected chi connectivity index (χ3v) is 3.91. The summed E-state index contributed by atoms with van der Waals surface area (Å²) in [6.45, 7) is 2.17. The van der Waals surface area contributed by atoms with Crippen molar-refractivity contribution >= 4 is 41.3 Å². The number of aliphatic imine (C=N–C) groups is 1. The van der Waals surface area contributed by atoms with E-state index in [2.05, 4.69) is 20.6 Å². The van der Waals surface area contributed by atoms with Crippen LogP contribution in [0.3, 0.4) is 0 Å². The summed E-state index contributed by atoms with van der Waals surface area (Å²) in [5, 5.41) is 7.34. The summed E-state index contributed by atoms with van der Waals surface area (Å²) in [5.74, 6) is 1.24. The minimum absolute atomic E-state index is 0. The first-order valence-electron chi connectivity index (χ1n) is 7.03. The molecule has 1 aromatic rings. The van der Waals surface area contributed by atoms with Crippen LogP contribution in [0.4, 0.5) is 13.2 Å². The van der Waals surface area contributed by atoms with Crippen molar-refractivity contribution in [2.45, 2.75) is 25.6 Å². The van der Waals surface area contributed by atoms with Gasteiger partial charge in [-0.1, -0.05) is 0 Å². The molecule has 1 aromatic heterocycles. The summed E-state index contributed by atoms with van der Waals surface area (Å²) in [6.07, 6.45) is -1.89. The molecule has 0 saturated heterocycles. The summed E-state index contributed by atoms with van der Waals surface area (Å²) in [6, 6.07) is 0. The standard InChI is InChI=1S/C13H19F3N4OS.HI/c1-17-12(18-4-5-21-7-9-2-3-9)19-6-11-20-10(8-22-11)13(14,15)16;/h8-9H,2-7H2,1H3,(H2,17,18,19);1H. The fourth-order valence-corrected chi connectivity index (χ4v) is 2.42. The number of rotatable bonds is 7. The Morgan fingerprint density at radius 2 is 2.17 bits per heavy atom. The van der Waals surface area contributed by atoms with E-state index >= 15 is 0 Å². The van der Waals surface area contributed by atoms with E-state index in [0.717, 1.165) is 29.2 Å². The number of guanidine groups is 1. The first-order chi connectivity index (χ1) is 10.5. The van der Waals surface area contributed by atoms with Crippen molar-refractivity contribution in [1.29, 1.82) is 0 Å². The first kappa shape index (κ1) is 20.4. The molecule has 2 N–H and O–H groups in total. The fourth-order valence-electron chi connectivity index (χ4n) is 1.68. The van der Waals surface area contributed by atoms with E-state index in [-0.39, 0.29) is 30.5 Å². The summed E-state index contributed by atoms with van der Waals surface area (Å²) < 4.78 is 42.8. The maximum atomic E-state index is 12.4. The summed E-state index contributed by atoms with van der Waals surface area (Å²) in [4.78, 5) is 7.54. The normalized spacial score (nSPS) is 15.2. The molecular weight excluding hydrogens is 444 g/mol. The summed E-state index contributed by atoms with van der Waals surface area (Å²) >= 11 is 0.970. The lowest BCUT2D eigenvalue weighted by molar-refractivity contribution is -0.140. The number of halogens is 4. The quantitative estimate of drug-likeness (QED) is 0.282. The zero-order chi connectivity index (χ0) is 16.0. The van der Waals surface area contributed by atoms with E-state index in [0.29, 0.717) is 24.1 Å². The predicted molar refractivity (Wildman–Crippen MR) is 94.3 cm³/mol. The number of ether oxygens (including phenoxy) is 1. The molecule has 0 aromatic carbocycles. The third-order valence-electron chi connectivity index (χ3n) is 3.06. The molecule has 0 bridgehead atoms. The molecule has 1 saturated carbocycles. The molecule has 1 fully saturated rings. The average molecular weight is 464 g/mol.